The first-order valence-corrected chi connectivity index (χ1v) is 4.75. The molecule has 0 spiro atoms. The van der Waals surface area contributed by atoms with Gasteiger partial charge in [0.2, 0.25) is 0 Å². The molecule has 1 aromatic carbocycles. The summed E-state index contributed by atoms with van der Waals surface area (Å²) in [5.74, 6) is 0.956. The van der Waals surface area contributed by atoms with Crippen molar-refractivity contribution < 1.29 is 9.66 Å². The van der Waals surface area contributed by atoms with E-state index in [1.54, 1.807) is 7.11 Å². The van der Waals surface area contributed by atoms with Crippen LogP contribution < -0.4 is 4.74 Å². The second-order valence-corrected chi connectivity index (χ2v) is 2.41. The monoisotopic (exact) mass is 213 g/mol. The maximum absolute atomic E-state index is 8.81. The van der Waals surface area contributed by atoms with Crippen molar-refractivity contribution in [2.75, 3.05) is 14.2 Å². The minimum absolute atomic E-state index is 0.500. The lowest BCUT2D eigenvalue weighted by Crippen LogP contribution is -1.84. The van der Waals surface area contributed by atoms with E-state index in [1.807, 2.05) is 45.0 Å². The van der Waals surface area contributed by atoms with Crippen LogP contribution in [0.1, 0.15) is 19.4 Å². The molecule has 1 aromatic rings. The highest BCUT2D eigenvalue weighted by atomic mass is 16.6. The van der Waals surface area contributed by atoms with E-state index in [1.165, 1.54) is 5.56 Å². The van der Waals surface area contributed by atoms with Crippen LogP contribution in [0.4, 0.5) is 0 Å². The second kappa shape index (κ2) is 10.5. The maximum Gasteiger partial charge on any atom is 0.194 e. The van der Waals surface area contributed by atoms with Crippen LogP contribution in [0, 0.1) is 17.0 Å². The Morgan fingerprint density at radius 1 is 1.27 bits per heavy atom. The van der Waals surface area contributed by atoms with Crippen LogP contribution in [0.3, 0.4) is 0 Å². The molecule has 1 rings (SSSR count). The molecule has 0 N–H and O–H groups in total. The van der Waals surface area contributed by atoms with Crippen molar-refractivity contribution >= 4 is 0 Å². The van der Waals surface area contributed by atoms with Crippen LogP contribution in [0.15, 0.2) is 24.3 Å². The summed E-state index contributed by atoms with van der Waals surface area (Å²) in [5.41, 5.74) is 1.18. The van der Waals surface area contributed by atoms with Crippen molar-refractivity contribution in [1.29, 1.82) is 0 Å². The molecule has 0 aliphatic heterocycles. The minimum Gasteiger partial charge on any atom is -0.496 e. The lowest BCUT2D eigenvalue weighted by molar-refractivity contribution is -0.445. The molecule has 0 aliphatic rings. The van der Waals surface area contributed by atoms with Gasteiger partial charge in [0.15, 0.2) is 7.05 Å². The molecule has 0 fully saturated rings. The standard InChI is InChI=1S/C8H10O.C2H6.CH3NO2/c1-7-5-3-4-6-8(7)9-2;1-2;1-2(3)4/h3-6H,1-2H3;1-2H3;1H3. The Kier molecular flexibility index (Phi) is 11.1. The first-order valence-electron chi connectivity index (χ1n) is 4.75. The van der Waals surface area contributed by atoms with Crippen LogP contribution >= 0.6 is 0 Å². The summed E-state index contributed by atoms with van der Waals surface area (Å²) in [7, 11) is 2.57. The molecule has 0 radical (unpaired) electrons. The summed E-state index contributed by atoms with van der Waals surface area (Å²) in [6.45, 7) is 6.03. The van der Waals surface area contributed by atoms with Gasteiger partial charge in [-0.15, -0.1) is 0 Å². The Labute approximate surface area is 91.0 Å². The van der Waals surface area contributed by atoms with Crippen LogP contribution in [0.2, 0.25) is 0 Å². The molecule has 0 unspecified atom stereocenters. The smallest absolute Gasteiger partial charge is 0.194 e. The number of benzene rings is 1. The van der Waals surface area contributed by atoms with E-state index in [0.29, 0.717) is 0 Å². The Balaban J connectivity index is 0. The van der Waals surface area contributed by atoms with Crippen LogP contribution in [0.25, 0.3) is 0 Å². The van der Waals surface area contributed by atoms with Gasteiger partial charge in [0, 0.05) is 4.92 Å². The van der Waals surface area contributed by atoms with E-state index in [4.69, 9.17) is 14.9 Å². The molecule has 0 aromatic heterocycles. The zero-order valence-corrected chi connectivity index (χ0v) is 9.98. The fourth-order valence-electron chi connectivity index (χ4n) is 0.785. The van der Waals surface area contributed by atoms with E-state index in [9.17, 15) is 0 Å². The molecule has 4 nitrogen and oxygen atoms in total. The lowest BCUT2D eigenvalue weighted by atomic mass is 10.2. The summed E-state index contributed by atoms with van der Waals surface area (Å²) in [6.07, 6.45) is 0. The number of hydrogen-bond donors (Lipinski definition) is 0. The fraction of sp³-hybridized carbons (Fsp3) is 0.455. The average Bonchev–Trinajstić information content (AvgIpc) is 2.21. The van der Waals surface area contributed by atoms with Crippen LogP contribution in [0.5, 0.6) is 5.75 Å². The van der Waals surface area contributed by atoms with Crippen LogP contribution in [-0.4, -0.2) is 19.1 Å². The molecule has 0 saturated carbocycles. The number of methoxy groups -OCH3 is 1. The molecular formula is C11H19NO3. The molecular weight excluding hydrogens is 194 g/mol. The minimum atomic E-state index is -0.500. The van der Waals surface area contributed by atoms with Crippen molar-refractivity contribution in [3.8, 4) is 5.75 Å². The van der Waals surface area contributed by atoms with E-state index < -0.39 is 4.92 Å². The predicted molar refractivity (Wildman–Crippen MR) is 62.0 cm³/mol. The first kappa shape index (κ1) is 15.9. The van der Waals surface area contributed by atoms with Gasteiger partial charge in [-0.05, 0) is 18.6 Å². The number of para-hydroxylation sites is 1. The Hall–Kier alpha value is -1.58. The number of ether oxygens (including phenoxy) is 1. The summed E-state index contributed by atoms with van der Waals surface area (Å²) >= 11 is 0. The van der Waals surface area contributed by atoms with Gasteiger partial charge < -0.3 is 4.74 Å². The van der Waals surface area contributed by atoms with E-state index >= 15 is 0 Å². The second-order valence-electron chi connectivity index (χ2n) is 2.41. The van der Waals surface area contributed by atoms with Gasteiger partial charge in [-0.25, -0.2) is 0 Å². The number of hydrogen-bond acceptors (Lipinski definition) is 3. The number of nitro groups is 1. The summed E-state index contributed by atoms with van der Waals surface area (Å²) in [5, 5.41) is 8.81. The molecule has 0 amide bonds. The van der Waals surface area contributed by atoms with Gasteiger partial charge in [-0.1, -0.05) is 32.0 Å². The Morgan fingerprint density at radius 3 is 1.93 bits per heavy atom. The van der Waals surface area contributed by atoms with Crippen molar-refractivity contribution in [1.82, 2.24) is 0 Å². The molecule has 0 atom stereocenters. The predicted octanol–water partition coefficient (Wildman–Crippen LogP) is 2.92. The van der Waals surface area contributed by atoms with Gasteiger partial charge in [-0.2, -0.15) is 0 Å². The molecule has 0 saturated heterocycles. The SMILES string of the molecule is CC.COc1ccccc1C.C[N+](=O)[O-]. The van der Waals surface area contributed by atoms with Gasteiger partial charge in [0.25, 0.3) is 0 Å². The fourth-order valence-corrected chi connectivity index (χ4v) is 0.785. The largest absolute Gasteiger partial charge is 0.496 e. The Bertz CT molecular complexity index is 270. The molecule has 0 bridgehead atoms. The summed E-state index contributed by atoms with van der Waals surface area (Å²) in [6, 6.07) is 7.94. The molecule has 86 valence electrons. The van der Waals surface area contributed by atoms with Gasteiger partial charge in [0.05, 0.1) is 7.11 Å². The molecule has 0 heterocycles. The first-order chi connectivity index (χ1) is 7.07. The van der Waals surface area contributed by atoms with Gasteiger partial charge >= 0.3 is 0 Å². The topological polar surface area (TPSA) is 52.4 Å². The maximum atomic E-state index is 8.81. The third-order valence-electron chi connectivity index (χ3n) is 1.31. The van der Waals surface area contributed by atoms with E-state index in [0.717, 1.165) is 12.8 Å². The normalized spacial score (nSPS) is 7.53. The van der Waals surface area contributed by atoms with Crippen molar-refractivity contribution in [2.24, 2.45) is 0 Å². The highest BCUT2D eigenvalue weighted by Crippen LogP contribution is 2.14. The zero-order chi connectivity index (χ0) is 12.3. The highest BCUT2D eigenvalue weighted by molar-refractivity contribution is 5.31. The zero-order valence-electron chi connectivity index (χ0n) is 9.98. The third kappa shape index (κ3) is 10.3. The quantitative estimate of drug-likeness (QED) is 0.532. The number of aryl methyl sites for hydroxylation is 1. The summed E-state index contributed by atoms with van der Waals surface area (Å²) in [4.78, 5) is 8.31. The van der Waals surface area contributed by atoms with Crippen molar-refractivity contribution in [2.45, 2.75) is 20.8 Å². The summed E-state index contributed by atoms with van der Waals surface area (Å²) < 4.78 is 5.04. The van der Waals surface area contributed by atoms with Crippen molar-refractivity contribution in [3.05, 3.63) is 39.9 Å². The van der Waals surface area contributed by atoms with Gasteiger partial charge in [-0.3, -0.25) is 10.1 Å². The molecule has 4 heteroatoms. The van der Waals surface area contributed by atoms with E-state index in [2.05, 4.69) is 0 Å². The molecule has 15 heavy (non-hydrogen) atoms. The third-order valence-corrected chi connectivity index (χ3v) is 1.31. The van der Waals surface area contributed by atoms with E-state index in [-0.39, 0.29) is 0 Å². The number of nitrogens with zero attached hydrogens (tertiary/aromatic N) is 1. The number of rotatable bonds is 1. The van der Waals surface area contributed by atoms with Crippen molar-refractivity contribution in [3.63, 3.8) is 0 Å². The highest BCUT2D eigenvalue weighted by Gasteiger charge is 1.90. The average molecular weight is 213 g/mol. The molecule has 0 aliphatic carbocycles. The van der Waals surface area contributed by atoms with Gasteiger partial charge in [0.1, 0.15) is 5.75 Å². The Morgan fingerprint density at radius 2 is 1.67 bits per heavy atom. The lowest BCUT2D eigenvalue weighted by Gasteiger charge is -2.00. The van der Waals surface area contributed by atoms with Crippen LogP contribution in [-0.2, 0) is 0 Å².